The number of pyridine rings is 1. The predicted molar refractivity (Wildman–Crippen MR) is 116 cm³/mol. The summed E-state index contributed by atoms with van der Waals surface area (Å²) in [5, 5.41) is 11.1. The lowest BCUT2D eigenvalue weighted by Gasteiger charge is -2.26. The highest BCUT2D eigenvalue weighted by molar-refractivity contribution is 6.51. The zero-order chi connectivity index (χ0) is 21.4. The van der Waals surface area contributed by atoms with Crippen LogP contribution < -0.4 is 4.90 Å². The van der Waals surface area contributed by atoms with Crippen molar-refractivity contribution in [1.29, 1.82) is 0 Å². The Labute approximate surface area is 175 Å². The van der Waals surface area contributed by atoms with Crippen LogP contribution in [-0.2, 0) is 9.59 Å². The lowest BCUT2D eigenvalue weighted by Crippen LogP contribution is -2.30. The van der Waals surface area contributed by atoms with Gasteiger partial charge in [0.25, 0.3) is 11.7 Å². The number of hydrogen-bond donors (Lipinski definition) is 1. The highest BCUT2D eigenvalue weighted by atomic mass is 16.3. The Bertz CT molecular complexity index is 1160. The number of carbonyl (C=O) groups excluding carboxylic acids is 2. The van der Waals surface area contributed by atoms with Crippen molar-refractivity contribution in [2.24, 2.45) is 0 Å². The molecule has 1 N–H and O–H groups in total. The molecule has 1 amide bonds. The summed E-state index contributed by atoms with van der Waals surface area (Å²) in [6.07, 6.45) is 1.61. The summed E-state index contributed by atoms with van der Waals surface area (Å²) < 4.78 is 0. The lowest BCUT2D eigenvalue weighted by molar-refractivity contribution is -0.132. The van der Waals surface area contributed by atoms with Crippen molar-refractivity contribution in [3.63, 3.8) is 0 Å². The summed E-state index contributed by atoms with van der Waals surface area (Å²) in [7, 11) is 0. The fourth-order valence-electron chi connectivity index (χ4n) is 3.84. The van der Waals surface area contributed by atoms with Crippen molar-refractivity contribution in [2.75, 3.05) is 4.90 Å². The SMILES string of the molecule is Cc1ccc(/C(O)=C2\C(=O)C(=O)N(c3ccc(C)cc3C)C2c2ccccn2)cc1. The number of amides is 1. The van der Waals surface area contributed by atoms with Gasteiger partial charge in [-0.15, -0.1) is 0 Å². The minimum atomic E-state index is -0.811. The third-order valence-electron chi connectivity index (χ3n) is 5.35. The van der Waals surface area contributed by atoms with Crippen molar-refractivity contribution in [3.8, 4) is 0 Å². The quantitative estimate of drug-likeness (QED) is 0.397. The third-order valence-corrected chi connectivity index (χ3v) is 5.35. The van der Waals surface area contributed by atoms with Crippen LogP contribution in [0.25, 0.3) is 5.76 Å². The van der Waals surface area contributed by atoms with Crippen LogP contribution in [0.2, 0.25) is 0 Å². The average molecular weight is 398 g/mol. The molecule has 4 rings (SSSR count). The summed E-state index contributed by atoms with van der Waals surface area (Å²) in [4.78, 5) is 32.1. The van der Waals surface area contributed by atoms with Crippen LogP contribution in [0.1, 0.15) is 34.0 Å². The summed E-state index contributed by atoms with van der Waals surface area (Å²) in [6.45, 7) is 5.81. The van der Waals surface area contributed by atoms with Gasteiger partial charge in [-0.3, -0.25) is 19.5 Å². The molecular weight excluding hydrogens is 376 g/mol. The number of aromatic nitrogens is 1. The number of nitrogens with zero attached hydrogens (tertiary/aromatic N) is 2. The Morgan fingerprint density at radius 1 is 0.933 bits per heavy atom. The van der Waals surface area contributed by atoms with Gasteiger partial charge < -0.3 is 5.11 Å². The molecule has 0 saturated carbocycles. The molecule has 1 aliphatic heterocycles. The second-order valence-electron chi connectivity index (χ2n) is 7.58. The number of Topliss-reactive ketones (excluding diaryl/α,β-unsaturated/α-hetero) is 1. The van der Waals surface area contributed by atoms with Crippen molar-refractivity contribution in [1.82, 2.24) is 4.98 Å². The molecule has 1 aliphatic rings. The average Bonchev–Trinajstić information content (AvgIpc) is 3.00. The van der Waals surface area contributed by atoms with E-state index in [-0.39, 0.29) is 11.3 Å². The predicted octanol–water partition coefficient (Wildman–Crippen LogP) is 4.63. The number of aliphatic hydroxyl groups is 1. The smallest absolute Gasteiger partial charge is 0.300 e. The van der Waals surface area contributed by atoms with E-state index in [1.807, 2.05) is 51.1 Å². The molecule has 1 atom stereocenters. The van der Waals surface area contributed by atoms with E-state index < -0.39 is 17.7 Å². The monoisotopic (exact) mass is 398 g/mol. The zero-order valence-corrected chi connectivity index (χ0v) is 17.1. The summed E-state index contributed by atoms with van der Waals surface area (Å²) in [5.41, 5.74) is 4.63. The molecule has 3 aromatic rings. The first-order valence-electron chi connectivity index (χ1n) is 9.74. The highest BCUT2D eigenvalue weighted by Crippen LogP contribution is 2.42. The van der Waals surface area contributed by atoms with Crippen LogP contribution in [0.5, 0.6) is 0 Å². The highest BCUT2D eigenvalue weighted by Gasteiger charge is 2.47. The van der Waals surface area contributed by atoms with E-state index in [4.69, 9.17) is 0 Å². The topological polar surface area (TPSA) is 70.5 Å². The molecule has 2 heterocycles. The fourth-order valence-corrected chi connectivity index (χ4v) is 3.84. The number of aliphatic hydroxyl groups excluding tert-OH is 1. The molecule has 1 saturated heterocycles. The van der Waals surface area contributed by atoms with E-state index in [0.717, 1.165) is 16.7 Å². The molecule has 1 fully saturated rings. The molecular formula is C25H22N2O3. The maximum Gasteiger partial charge on any atom is 0.300 e. The van der Waals surface area contributed by atoms with E-state index in [1.165, 1.54) is 4.90 Å². The van der Waals surface area contributed by atoms with Crippen LogP contribution in [0.3, 0.4) is 0 Å². The number of aryl methyl sites for hydroxylation is 3. The van der Waals surface area contributed by atoms with E-state index in [1.54, 1.807) is 36.5 Å². The van der Waals surface area contributed by atoms with Gasteiger partial charge in [-0.2, -0.15) is 0 Å². The Balaban J connectivity index is 1.96. The first kappa shape index (κ1) is 19.6. The Hall–Kier alpha value is -3.73. The van der Waals surface area contributed by atoms with E-state index in [2.05, 4.69) is 4.98 Å². The van der Waals surface area contributed by atoms with E-state index >= 15 is 0 Å². The first-order chi connectivity index (χ1) is 14.4. The summed E-state index contributed by atoms with van der Waals surface area (Å²) >= 11 is 0. The number of benzene rings is 2. The van der Waals surface area contributed by atoms with Crippen LogP contribution in [-0.4, -0.2) is 21.8 Å². The van der Waals surface area contributed by atoms with Gasteiger partial charge in [-0.05, 0) is 44.5 Å². The second-order valence-corrected chi connectivity index (χ2v) is 7.58. The molecule has 5 nitrogen and oxygen atoms in total. The molecule has 0 bridgehead atoms. The molecule has 150 valence electrons. The molecule has 30 heavy (non-hydrogen) atoms. The van der Waals surface area contributed by atoms with Gasteiger partial charge in [0.2, 0.25) is 0 Å². The van der Waals surface area contributed by atoms with Gasteiger partial charge in [0.05, 0.1) is 11.3 Å². The summed E-state index contributed by atoms with van der Waals surface area (Å²) in [5.74, 6) is -1.59. The van der Waals surface area contributed by atoms with Crippen molar-refractivity contribution in [3.05, 3.63) is 100 Å². The van der Waals surface area contributed by atoms with Gasteiger partial charge in [0.1, 0.15) is 11.8 Å². The Morgan fingerprint density at radius 3 is 2.27 bits per heavy atom. The largest absolute Gasteiger partial charge is 0.507 e. The third kappa shape index (κ3) is 3.28. The standard InChI is InChI=1S/C25H22N2O3/c1-15-7-10-18(11-8-15)23(28)21-22(19-6-4-5-13-26-19)27(25(30)24(21)29)20-12-9-16(2)14-17(20)3/h4-14,22,28H,1-3H3/b23-21+. The summed E-state index contributed by atoms with van der Waals surface area (Å²) in [6, 6.07) is 17.4. The number of carbonyl (C=O) groups is 2. The van der Waals surface area contributed by atoms with E-state index in [9.17, 15) is 14.7 Å². The van der Waals surface area contributed by atoms with Gasteiger partial charge in [0.15, 0.2) is 0 Å². The van der Waals surface area contributed by atoms with Crippen molar-refractivity contribution in [2.45, 2.75) is 26.8 Å². The molecule has 0 spiro atoms. The first-order valence-corrected chi connectivity index (χ1v) is 9.74. The molecule has 1 aromatic heterocycles. The van der Waals surface area contributed by atoms with Crippen LogP contribution in [0.4, 0.5) is 5.69 Å². The molecule has 1 unspecified atom stereocenters. The van der Waals surface area contributed by atoms with E-state index in [0.29, 0.717) is 16.9 Å². The molecule has 0 aliphatic carbocycles. The minimum Gasteiger partial charge on any atom is -0.507 e. The van der Waals surface area contributed by atoms with Gasteiger partial charge in [-0.25, -0.2) is 0 Å². The normalized spacial score (nSPS) is 18.1. The molecule has 0 radical (unpaired) electrons. The van der Waals surface area contributed by atoms with Crippen LogP contribution in [0, 0.1) is 20.8 Å². The number of ketones is 1. The number of rotatable bonds is 3. The number of anilines is 1. The maximum absolute atomic E-state index is 13.1. The lowest BCUT2D eigenvalue weighted by atomic mass is 9.97. The van der Waals surface area contributed by atoms with Crippen molar-refractivity contribution >= 4 is 23.1 Å². The fraction of sp³-hybridized carbons (Fsp3) is 0.160. The molecule has 5 heteroatoms. The second kappa shape index (κ2) is 7.59. The van der Waals surface area contributed by atoms with Crippen LogP contribution >= 0.6 is 0 Å². The molecule has 2 aromatic carbocycles. The van der Waals surface area contributed by atoms with Gasteiger partial charge in [-0.1, -0.05) is 53.6 Å². The van der Waals surface area contributed by atoms with Crippen molar-refractivity contribution < 1.29 is 14.7 Å². The minimum absolute atomic E-state index is 0.0440. The Kier molecular flexibility index (Phi) is 4.96. The van der Waals surface area contributed by atoms with Gasteiger partial charge >= 0.3 is 0 Å². The van der Waals surface area contributed by atoms with Crippen LogP contribution in [0.15, 0.2) is 72.4 Å². The van der Waals surface area contributed by atoms with Gasteiger partial charge in [0, 0.05) is 17.4 Å². The zero-order valence-electron chi connectivity index (χ0n) is 17.1. The number of hydrogen-bond acceptors (Lipinski definition) is 4. The Morgan fingerprint density at radius 2 is 1.63 bits per heavy atom. The maximum atomic E-state index is 13.1.